The third kappa shape index (κ3) is 2.09. The first-order valence-electron chi connectivity index (χ1n) is 5.73. The number of hydrogen-bond donors (Lipinski definition) is 0. The lowest BCUT2D eigenvalue weighted by Crippen LogP contribution is -2.44. The zero-order valence-electron chi connectivity index (χ0n) is 9.44. The summed E-state index contributed by atoms with van der Waals surface area (Å²) in [6.45, 7) is 6.28. The van der Waals surface area contributed by atoms with Crippen molar-refractivity contribution in [2.75, 3.05) is 19.8 Å². The molecule has 0 saturated carbocycles. The highest BCUT2D eigenvalue weighted by Gasteiger charge is 2.39. The Hall–Kier alpha value is -0.770. The van der Waals surface area contributed by atoms with Gasteiger partial charge in [0, 0.05) is 19.3 Å². The van der Waals surface area contributed by atoms with E-state index in [0.717, 1.165) is 26.1 Å². The molecule has 2 aliphatic heterocycles. The van der Waals surface area contributed by atoms with Gasteiger partial charge in [-0.3, -0.25) is 4.90 Å². The Labute approximate surface area is 90.5 Å². The molecule has 2 rings (SSSR count). The second-order valence-corrected chi connectivity index (χ2v) is 4.60. The second-order valence-electron chi connectivity index (χ2n) is 4.60. The predicted molar refractivity (Wildman–Crippen MR) is 55.7 cm³/mol. The Morgan fingerprint density at radius 2 is 2.00 bits per heavy atom. The molecule has 1 atom stereocenters. The summed E-state index contributed by atoms with van der Waals surface area (Å²) in [5.74, 6) is 0.549. The second kappa shape index (κ2) is 4.39. The summed E-state index contributed by atoms with van der Waals surface area (Å²) in [6.07, 6.45) is 1.94. The van der Waals surface area contributed by atoms with E-state index in [0.29, 0.717) is 12.5 Å². The maximum Gasteiger partial charge on any atom is 0.410 e. The van der Waals surface area contributed by atoms with Gasteiger partial charge in [0.15, 0.2) is 0 Å². The van der Waals surface area contributed by atoms with Gasteiger partial charge in [-0.2, -0.15) is 0 Å². The van der Waals surface area contributed by atoms with Crippen LogP contribution in [-0.2, 0) is 9.47 Å². The van der Waals surface area contributed by atoms with E-state index in [4.69, 9.17) is 9.47 Å². The summed E-state index contributed by atoms with van der Waals surface area (Å²) in [7, 11) is 0. The van der Waals surface area contributed by atoms with Crippen molar-refractivity contribution in [3.05, 3.63) is 0 Å². The molecule has 0 aromatic rings. The topological polar surface area (TPSA) is 38.8 Å². The normalized spacial score (nSPS) is 28.6. The van der Waals surface area contributed by atoms with Gasteiger partial charge < -0.3 is 9.47 Å². The van der Waals surface area contributed by atoms with Crippen LogP contribution >= 0.6 is 0 Å². The average molecular weight is 213 g/mol. The summed E-state index contributed by atoms with van der Waals surface area (Å²) in [5, 5.41) is 0. The molecule has 2 saturated heterocycles. The van der Waals surface area contributed by atoms with Crippen molar-refractivity contribution in [3.63, 3.8) is 0 Å². The van der Waals surface area contributed by atoms with Crippen LogP contribution in [0.25, 0.3) is 0 Å². The van der Waals surface area contributed by atoms with E-state index in [1.807, 2.05) is 18.7 Å². The average Bonchev–Trinajstić information content (AvgIpc) is 2.61. The van der Waals surface area contributed by atoms with Crippen molar-refractivity contribution in [2.45, 2.75) is 38.8 Å². The Kier molecular flexibility index (Phi) is 3.14. The molecule has 0 aromatic heterocycles. The number of nitrogens with zero attached hydrogens (tertiary/aromatic N) is 1. The lowest BCUT2D eigenvalue weighted by atomic mass is 9.91. The molecule has 86 valence electrons. The lowest BCUT2D eigenvalue weighted by Gasteiger charge is -2.33. The third-order valence-corrected chi connectivity index (χ3v) is 3.31. The number of cyclic esters (lactones) is 1. The fourth-order valence-corrected chi connectivity index (χ4v) is 2.50. The fraction of sp³-hybridized carbons (Fsp3) is 0.909. The molecule has 2 heterocycles. The zero-order valence-corrected chi connectivity index (χ0v) is 9.44. The molecule has 1 unspecified atom stereocenters. The number of carbonyl (C=O) groups is 1. The van der Waals surface area contributed by atoms with Gasteiger partial charge in [0.05, 0.1) is 6.04 Å². The molecule has 4 heteroatoms. The Balaban J connectivity index is 2.03. The molecule has 0 N–H and O–H groups in total. The summed E-state index contributed by atoms with van der Waals surface area (Å²) < 4.78 is 10.5. The van der Waals surface area contributed by atoms with E-state index >= 15 is 0 Å². The summed E-state index contributed by atoms with van der Waals surface area (Å²) in [4.78, 5) is 13.4. The van der Waals surface area contributed by atoms with Gasteiger partial charge in [0.2, 0.25) is 0 Å². The maximum absolute atomic E-state index is 11.5. The van der Waals surface area contributed by atoms with Gasteiger partial charge in [-0.15, -0.1) is 0 Å². The number of amides is 1. The van der Waals surface area contributed by atoms with E-state index in [9.17, 15) is 4.79 Å². The number of rotatable bonds is 2. The minimum Gasteiger partial charge on any atom is -0.447 e. The largest absolute Gasteiger partial charge is 0.447 e. The van der Waals surface area contributed by atoms with Crippen LogP contribution in [0.3, 0.4) is 0 Å². The van der Waals surface area contributed by atoms with Crippen LogP contribution in [0.1, 0.15) is 26.7 Å². The van der Waals surface area contributed by atoms with E-state index in [-0.39, 0.29) is 18.2 Å². The van der Waals surface area contributed by atoms with Crippen molar-refractivity contribution >= 4 is 6.09 Å². The molecule has 1 amide bonds. The summed E-state index contributed by atoms with van der Waals surface area (Å²) in [6, 6.07) is 0.495. The molecule has 15 heavy (non-hydrogen) atoms. The van der Waals surface area contributed by atoms with Crippen molar-refractivity contribution < 1.29 is 14.3 Å². The van der Waals surface area contributed by atoms with E-state index < -0.39 is 0 Å². The molecule has 4 nitrogen and oxygen atoms in total. The van der Waals surface area contributed by atoms with Gasteiger partial charge in [0.25, 0.3) is 0 Å². The first-order valence-corrected chi connectivity index (χ1v) is 5.73. The van der Waals surface area contributed by atoms with Gasteiger partial charge in [-0.25, -0.2) is 4.79 Å². The number of carbonyl (C=O) groups excluding carboxylic acids is 1. The SMILES string of the molecule is CC(C)N1C(=O)OCC1C1CCOCC1. The molecule has 0 bridgehead atoms. The molecule has 0 aliphatic carbocycles. The first kappa shape index (κ1) is 10.7. The number of ether oxygens (including phenoxy) is 2. The first-order chi connectivity index (χ1) is 7.20. The van der Waals surface area contributed by atoms with E-state index in [1.54, 1.807) is 0 Å². The van der Waals surface area contributed by atoms with Crippen LogP contribution in [0.2, 0.25) is 0 Å². The maximum atomic E-state index is 11.5. The minimum atomic E-state index is -0.151. The summed E-state index contributed by atoms with van der Waals surface area (Å²) in [5.41, 5.74) is 0. The molecule has 2 fully saturated rings. The van der Waals surface area contributed by atoms with E-state index in [1.165, 1.54) is 0 Å². The van der Waals surface area contributed by atoms with Crippen LogP contribution in [0.15, 0.2) is 0 Å². The van der Waals surface area contributed by atoms with Crippen molar-refractivity contribution in [2.24, 2.45) is 5.92 Å². The quantitative estimate of drug-likeness (QED) is 0.700. The molecule has 0 spiro atoms. The van der Waals surface area contributed by atoms with Crippen molar-refractivity contribution in [3.8, 4) is 0 Å². The Bertz CT molecular complexity index is 236. The van der Waals surface area contributed by atoms with Crippen LogP contribution in [-0.4, -0.2) is 42.9 Å². The molecular weight excluding hydrogens is 194 g/mol. The van der Waals surface area contributed by atoms with Gasteiger partial charge >= 0.3 is 6.09 Å². The minimum absolute atomic E-state index is 0.151. The monoisotopic (exact) mass is 213 g/mol. The molecule has 2 aliphatic rings. The fourth-order valence-electron chi connectivity index (χ4n) is 2.50. The molecule has 0 radical (unpaired) electrons. The third-order valence-electron chi connectivity index (χ3n) is 3.31. The Morgan fingerprint density at radius 3 is 2.60 bits per heavy atom. The van der Waals surface area contributed by atoms with Crippen LogP contribution < -0.4 is 0 Å². The van der Waals surface area contributed by atoms with Crippen LogP contribution in [0.5, 0.6) is 0 Å². The standard InChI is InChI=1S/C11H19NO3/c1-8(2)12-10(7-15-11(12)13)9-3-5-14-6-4-9/h8-10H,3-7H2,1-2H3. The van der Waals surface area contributed by atoms with Crippen LogP contribution in [0, 0.1) is 5.92 Å². The highest BCUT2D eigenvalue weighted by Crippen LogP contribution is 2.28. The van der Waals surface area contributed by atoms with Gasteiger partial charge in [-0.05, 0) is 32.6 Å². The van der Waals surface area contributed by atoms with E-state index in [2.05, 4.69) is 0 Å². The summed E-state index contributed by atoms with van der Waals surface area (Å²) >= 11 is 0. The molecule has 0 aromatic carbocycles. The Morgan fingerprint density at radius 1 is 1.33 bits per heavy atom. The van der Waals surface area contributed by atoms with Gasteiger partial charge in [0.1, 0.15) is 6.61 Å². The lowest BCUT2D eigenvalue weighted by molar-refractivity contribution is 0.0373. The smallest absolute Gasteiger partial charge is 0.410 e. The highest BCUT2D eigenvalue weighted by molar-refractivity contribution is 5.70. The zero-order chi connectivity index (χ0) is 10.8. The van der Waals surface area contributed by atoms with Crippen LogP contribution in [0.4, 0.5) is 4.79 Å². The van der Waals surface area contributed by atoms with Gasteiger partial charge in [-0.1, -0.05) is 0 Å². The number of hydrogen-bond acceptors (Lipinski definition) is 3. The predicted octanol–water partition coefficient (Wildman–Crippen LogP) is 1.64. The van der Waals surface area contributed by atoms with Crippen molar-refractivity contribution in [1.82, 2.24) is 4.90 Å². The molecular formula is C11H19NO3. The highest BCUT2D eigenvalue weighted by atomic mass is 16.6. The van der Waals surface area contributed by atoms with Crippen molar-refractivity contribution in [1.29, 1.82) is 0 Å².